The number of rotatable bonds is 2. The fraction of sp³-hybridized carbons (Fsp3) is 0.250. The first-order valence-corrected chi connectivity index (χ1v) is 5.35. The highest BCUT2D eigenvalue weighted by Gasteiger charge is 2.25. The first-order valence-electron chi connectivity index (χ1n) is 5.35. The zero-order valence-corrected chi connectivity index (χ0v) is 8.81. The van der Waals surface area contributed by atoms with Gasteiger partial charge in [0.05, 0.1) is 0 Å². The van der Waals surface area contributed by atoms with Crippen molar-refractivity contribution >= 4 is 0 Å². The van der Waals surface area contributed by atoms with Gasteiger partial charge in [0.2, 0.25) is 0 Å². The third kappa shape index (κ3) is 1.47. The van der Waals surface area contributed by atoms with Crippen molar-refractivity contribution in [3.05, 3.63) is 47.5 Å². The Morgan fingerprint density at radius 1 is 1.44 bits per heavy atom. The molecule has 0 radical (unpaired) electrons. The van der Waals surface area contributed by atoms with Crippen LogP contribution in [0.1, 0.15) is 23.2 Å². The molecule has 0 bridgehead atoms. The van der Waals surface area contributed by atoms with E-state index in [0.29, 0.717) is 6.54 Å². The standard InChI is InChI=1S/C12H13N3O/c13-6-9-7-14-12(15-9)11-5-8-3-1-2-4-10(8)16-11/h1-4,7,11H,5-6,13H2,(H,14,15). The summed E-state index contributed by atoms with van der Waals surface area (Å²) in [6.45, 7) is 0.479. The third-order valence-corrected chi connectivity index (χ3v) is 2.82. The van der Waals surface area contributed by atoms with Gasteiger partial charge in [0, 0.05) is 24.9 Å². The Labute approximate surface area is 93.5 Å². The minimum atomic E-state index is -0.00213. The minimum Gasteiger partial charge on any atom is -0.482 e. The fourth-order valence-corrected chi connectivity index (χ4v) is 1.98. The van der Waals surface area contributed by atoms with E-state index in [1.54, 1.807) is 6.20 Å². The van der Waals surface area contributed by atoms with Crippen LogP contribution >= 0.6 is 0 Å². The number of fused-ring (bicyclic) bond motifs is 1. The Kier molecular flexibility index (Phi) is 2.15. The van der Waals surface area contributed by atoms with Crippen molar-refractivity contribution in [1.82, 2.24) is 9.97 Å². The number of benzene rings is 1. The Morgan fingerprint density at radius 3 is 3.06 bits per heavy atom. The Hall–Kier alpha value is -1.81. The van der Waals surface area contributed by atoms with E-state index in [2.05, 4.69) is 16.0 Å². The van der Waals surface area contributed by atoms with Crippen LogP contribution in [0, 0.1) is 0 Å². The van der Waals surface area contributed by atoms with E-state index >= 15 is 0 Å². The molecule has 4 heteroatoms. The molecule has 16 heavy (non-hydrogen) atoms. The summed E-state index contributed by atoms with van der Waals surface area (Å²) in [6.07, 6.45) is 2.63. The maximum atomic E-state index is 5.82. The predicted octanol–water partition coefficient (Wildman–Crippen LogP) is 1.54. The molecule has 2 heterocycles. The van der Waals surface area contributed by atoms with Gasteiger partial charge in [0.1, 0.15) is 11.6 Å². The molecule has 3 rings (SSSR count). The number of aromatic amines is 1. The fourth-order valence-electron chi connectivity index (χ4n) is 1.98. The molecule has 1 aromatic carbocycles. The van der Waals surface area contributed by atoms with Crippen molar-refractivity contribution in [3.63, 3.8) is 0 Å². The number of H-pyrrole nitrogens is 1. The molecule has 0 aliphatic carbocycles. The second-order valence-electron chi connectivity index (χ2n) is 3.92. The lowest BCUT2D eigenvalue weighted by atomic mass is 10.1. The summed E-state index contributed by atoms with van der Waals surface area (Å²) in [4.78, 5) is 7.47. The maximum Gasteiger partial charge on any atom is 0.160 e. The lowest BCUT2D eigenvalue weighted by Crippen LogP contribution is -2.06. The van der Waals surface area contributed by atoms with E-state index in [1.807, 2.05) is 18.2 Å². The first-order chi connectivity index (χ1) is 7.86. The molecule has 0 fully saturated rings. The molecule has 1 aromatic heterocycles. The average Bonchev–Trinajstić information content (AvgIpc) is 2.95. The zero-order valence-electron chi connectivity index (χ0n) is 8.81. The second-order valence-corrected chi connectivity index (χ2v) is 3.92. The summed E-state index contributed by atoms with van der Waals surface area (Å²) in [6, 6.07) is 8.08. The molecule has 0 saturated heterocycles. The maximum absolute atomic E-state index is 5.82. The Balaban J connectivity index is 1.85. The van der Waals surface area contributed by atoms with Gasteiger partial charge in [0.25, 0.3) is 0 Å². The number of nitrogens with zero attached hydrogens (tertiary/aromatic N) is 1. The molecule has 0 spiro atoms. The lowest BCUT2D eigenvalue weighted by molar-refractivity contribution is 0.228. The monoisotopic (exact) mass is 215 g/mol. The van der Waals surface area contributed by atoms with Crippen LogP contribution in [0.5, 0.6) is 5.75 Å². The van der Waals surface area contributed by atoms with Gasteiger partial charge in [0.15, 0.2) is 6.10 Å². The number of aromatic nitrogens is 2. The van der Waals surface area contributed by atoms with Gasteiger partial charge in [-0.25, -0.2) is 4.98 Å². The van der Waals surface area contributed by atoms with Crippen LogP contribution in [0.15, 0.2) is 30.5 Å². The molecular weight excluding hydrogens is 202 g/mol. The number of para-hydroxylation sites is 1. The molecule has 0 saturated carbocycles. The quantitative estimate of drug-likeness (QED) is 0.798. The van der Waals surface area contributed by atoms with E-state index in [9.17, 15) is 0 Å². The van der Waals surface area contributed by atoms with Crippen LogP contribution in [0.2, 0.25) is 0 Å². The summed E-state index contributed by atoms with van der Waals surface area (Å²) >= 11 is 0. The van der Waals surface area contributed by atoms with Crippen LogP contribution in [-0.4, -0.2) is 9.97 Å². The van der Waals surface area contributed by atoms with Crippen molar-refractivity contribution in [2.45, 2.75) is 19.1 Å². The van der Waals surface area contributed by atoms with Gasteiger partial charge < -0.3 is 15.5 Å². The van der Waals surface area contributed by atoms with E-state index in [-0.39, 0.29) is 6.10 Å². The number of hydrogen-bond acceptors (Lipinski definition) is 3. The number of imidazole rings is 1. The van der Waals surface area contributed by atoms with Gasteiger partial charge in [-0.15, -0.1) is 0 Å². The first kappa shape index (κ1) is 9.42. The Bertz CT molecular complexity index is 481. The number of hydrogen-bond donors (Lipinski definition) is 2. The highest BCUT2D eigenvalue weighted by atomic mass is 16.5. The summed E-state index contributed by atoms with van der Waals surface area (Å²) < 4.78 is 5.82. The summed E-state index contributed by atoms with van der Waals surface area (Å²) in [5, 5.41) is 0. The average molecular weight is 215 g/mol. The van der Waals surface area contributed by atoms with Crippen LogP contribution in [0.4, 0.5) is 0 Å². The summed E-state index contributed by atoms with van der Waals surface area (Å²) in [7, 11) is 0. The van der Waals surface area contributed by atoms with Crippen LogP contribution in [-0.2, 0) is 13.0 Å². The number of nitrogens with two attached hydrogens (primary N) is 1. The molecular formula is C12H13N3O. The topological polar surface area (TPSA) is 63.9 Å². The van der Waals surface area contributed by atoms with Crippen LogP contribution in [0.25, 0.3) is 0 Å². The molecule has 2 aromatic rings. The Morgan fingerprint density at radius 2 is 2.31 bits per heavy atom. The van der Waals surface area contributed by atoms with Crippen LogP contribution in [0.3, 0.4) is 0 Å². The van der Waals surface area contributed by atoms with Crippen LogP contribution < -0.4 is 10.5 Å². The minimum absolute atomic E-state index is 0.00213. The number of ether oxygens (including phenoxy) is 1. The van der Waals surface area contributed by atoms with Gasteiger partial charge in [-0.3, -0.25) is 0 Å². The van der Waals surface area contributed by atoms with Crippen molar-refractivity contribution in [2.24, 2.45) is 5.73 Å². The molecule has 82 valence electrons. The van der Waals surface area contributed by atoms with Crippen molar-refractivity contribution < 1.29 is 4.74 Å². The van der Waals surface area contributed by atoms with Gasteiger partial charge in [-0.2, -0.15) is 0 Å². The van der Waals surface area contributed by atoms with Gasteiger partial charge in [-0.1, -0.05) is 18.2 Å². The SMILES string of the molecule is NCc1cnc(C2Cc3ccccc3O2)[nH]1. The summed E-state index contributed by atoms with van der Waals surface area (Å²) in [5.74, 6) is 1.81. The molecule has 3 N–H and O–H groups in total. The van der Waals surface area contributed by atoms with Crippen molar-refractivity contribution in [1.29, 1.82) is 0 Å². The largest absolute Gasteiger partial charge is 0.482 e. The summed E-state index contributed by atoms with van der Waals surface area (Å²) in [5.41, 5.74) is 7.71. The van der Waals surface area contributed by atoms with Crippen molar-refractivity contribution in [2.75, 3.05) is 0 Å². The molecule has 1 aliphatic rings. The highest BCUT2D eigenvalue weighted by Crippen LogP contribution is 2.34. The normalized spacial score (nSPS) is 18.2. The lowest BCUT2D eigenvalue weighted by Gasteiger charge is -2.06. The zero-order chi connectivity index (χ0) is 11.0. The van der Waals surface area contributed by atoms with Crippen molar-refractivity contribution in [3.8, 4) is 5.75 Å². The van der Waals surface area contributed by atoms with Gasteiger partial charge in [-0.05, 0) is 11.6 Å². The van der Waals surface area contributed by atoms with E-state index < -0.39 is 0 Å². The molecule has 1 unspecified atom stereocenters. The van der Waals surface area contributed by atoms with Gasteiger partial charge >= 0.3 is 0 Å². The number of nitrogens with one attached hydrogen (secondary N) is 1. The van der Waals surface area contributed by atoms with E-state index in [0.717, 1.165) is 23.7 Å². The molecule has 4 nitrogen and oxygen atoms in total. The molecule has 0 amide bonds. The molecule has 1 aliphatic heterocycles. The second kappa shape index (κ2) is 3.64. The highest BCUT2D eigenvalue weighted by molar-refractivity contribution is 5.38. The van der Waals surface area contributed by atoms with E-state index in [4.69, 9.17) is 10.5 Å². The predicted molar refractivity (Wildman–Crippen MR) is 60.0 cm³/mol. The van der Waals surface area contributed by atoms with E-state index in [1.165, 1.54) is 5.56 Å². The third-order valence-electron chi connectivity index (χ3n) is 2.82. The smallest absolute Gasteiger partial charge is 0.160 e. The molecule has 1 atom stereocenters.